The van der Waals surface area contributed by atoms with E-state index in [4.69, 9.17) is 0 Å². The average molecular weight is 264 g/mol. The van der Waals surface area contributed by atoms with E-state index in [2.05, 4.69) is 26.8 Å². The smallest absolute Gasteiger partial charge is 0.247 e. The molecule has 0 fully saturated rings. The van der Waals surface area contributed by atoms with Gasteiger partial charge in [-0.1, -0.05) is 18.7 Å². The summed E-state index contributed by atoms with van der Waals surface area (Å²) in [6.07, 6.45) is 4.62. The van der Waals surface area contributed by atoms with Gasteiger partial charge in [-0.15, -0.1) is 0 Å². The van der Waals surface area contributed by atoms with Crippen LogP contribution in [0.25, 0.3) is 22.3 Å². The number of imidazole rings is 1. The maximum atomic E-state index is 11.3. The molecule has 0 saturated carbocycles. The molecule has 2 aromatic heterocycles. The first-order chi connectivity index (χ1) is 9.76. The minimum atomic E-state index is -0.238. The van der Waals surface area contributed by atoms with Crippen LogP contribution in [-0.4, -0.2) is 20.9 Å². The predicted molar refractivity (Wildman–Crippen MR) is 78.2 cm³/mol. The summed E-state index contributed by atoms with van der Waals surface area (Å²) >= 11 is 0. The molecule has 5 nitrogen and oxygen atoms in total. The summed E-state index contributed by atoms with van der Waals surface area (Å²) in [5.74, 6) is -0.238. The zero-order valence-electron chi connectivity index (χ0n) is 10.6. The number of H-pyrrole nitrogens is 1. The number of aromatic amines is 1. The lowest BCUT2D eigenvalue weighted by Crippen LogP contribution is -2.07. The van der Waals surface area contributed by atoms with Gasteiger partial charge in [0.2, 0.25) is 5.91 Å². The predicted octanol–water partition coefficient (Wildman–Crippen LogP) is 2.75. The van der Waals surface area contributed by atoms with E-state index in [1.807, 2.05) is 30.3 Å². The number of carbonyl (C=O) groups is 1. The molecule has 0 unspecified atom stereocenters. The first-order valence-electron chi connectivity index (χ1n) is 6.09. The zero-order chi connectivity index (χ0) is 13.9. The van der Waals surface area contributed by atoms with Crippen LogP contribution in [-0.2, 0) is 4.79 Å². The van der Waals surface area contributed by atoms with Crippen molar-refractivity contribution in [2.75, 3.05) is 5.32 Å². The fourth-order valence-corrected chi connectivity index (χ4v) is 1.94. The Morgan fingerprint density at radius 3 is 3.05 bits per heavy atom. The Labute approximate surface area is 115 Å². The standard InChI is InChI=1S/C15H12N4O/c1-2-15(20)19-11-5-3-4-10(6-11)12-7-13-14(8-16-12)18-9-17-13/h2-9H,1H2,(H,17,18)(H,19,20). The Kier molecular flexibility index (Phi) is 3.01. The number of nitrogens with zero attached hydrogens (tertiary/aromatic N) is 2. The van der Waals surface area contributed by atoms with Crippen LogP contribution in [0.15, 0.2) is 55.5 Å². The van der Waals surface area contributed by atoms with Crippen molar-refractivity contribution >= 4 is 22.6 Å². The van der Waals surface area contributed by atoms with Crippen molar-refractivity contribution in [1.29, 1.82) is 0 Å². The molecule has 0 aliphatic heterocycles. The van der Waals surface area contributed by atoms with Crippen LogP contribution in [0.2, 0.25) is 0 Å². The number of anilines is 1. The summed E-state index contributed by atoms with van der Waals surface area (Å²) in [6, 6.07) is 9.38. The van der Waals surface area contributed by atoms with Crippen LogP contribution in [0.1, 0.15) is 0 Å². The first-order valence-corrected chi connectivity index (χ1v) is 6.09. The molecule has 5 heteroatoms. The van der Waals surface area contributed by atoms with E-state index in [-0.39, 0.29) is 5.91 Å². The Bertz CT molecular complexity index is 791. The third-order valence-electron chi connectivity index (χ3n) is 2.92. The lowest BCUT2D eigenvalue weighted by Gasteiger charge is -2.05. The molecule has 0 spiro atoms. The van der Waals surface area contributed by atoms with Crippen LogP contribution in [0.5, 0.6) is 0 Å². The highest BCUT2D eigenvalue weighted by Crippen LogP contribution is 2.23. The summed E-state index contributed by atoms with van der Waals surface area (Å²) in [6.45, 7) is 3.43. The maximum Gasteiger partial charge on any atom is 0.247 e. The molecule has 0 saturated heterocycles. The molecule has 0 bridgehead atoms. The highest BCUT2D eigenvalue weighted by molar-refractivity contribution is 5.99. The summed E-state index contributed by atoms with van der Waals surface area (Å²) < 4.78 is 0. The topological polar surface area (TPSA) is 70.7 Å². The number of pyridine rings is 1. The van der Waals surface area contributed by atoms with Gasteiger partial charge >= 0.3 is 0 Å². The maximum absolute atomic E-state index is 11.3. The molecular formula is C15H12N4O. The third kappa shape index (κ3) is 2.29. The molecule has 20 heavy (non-hydrogen) atoms. The van der Waals surface area contributed by atoms with E-state index < -0.39 is 0 Å². The monoisotopic (exact) mass is 264 g/mol. The van der Waals surface area contributed by atoms with E-state index in [0.717, 1.165) is 22.3 Å². The van der Waals surface area contributed by atoms with Gasteiger partial charge < -0.3 is 10.3 Å². The van der Waals surface area contributed by atoms with Crippen molar-refractivity contribution in [1.82, 2.24) is 15.0 Å². The SMILES string of the molecule is C=CC(=O)Nc1cccc(-c2cc3nc[nH]c3cn2)c1. The van der Waals surface area contributed by atoms with E-state index in [9.17, 15) is 4.79 Å². The van der Waals surface area contributed by atoms with Gasteiger partial charge in [-0.3, -0.25) is 9.78 Å². The highest BCUT2D eigenvalue weighted by Gasteiger charge is 2.04. The van der Waals surface area contributed by atoms with Crippen molar-refractivity contribution in [2.45, 2.75) is 0 Å². The van der Waals surface area contributed by atoms with Gasteiger partial charge in [0.15, 0.2) is 0 Å². The summed E-state index contributed by atoms with van der Waals surface area (Å²) in [5, 5.41) is 2.73. The number of carbonyl (C=O) groups excluding carboxylic acids is 1. The first kappa shape index (κ1) is 12.1. The fraction of sp³-hybridized carbons (Fsp3) is 0. The van der Waals surface area contributed by atoms with Gasteiger partial charge in [0, 0.05) is 11.3 Å². The van der Waals surface area contributed by atoms with Gasteiger partial charge in [0.1, 0.15) is 0 Å². The second-order valence-electron chi connectivity index (χ2n) is 4.26. The lowest BCUT2D eigenvalue weighted by atomic mass is 10.1. The van der Waals surface area contributed by atoms with Gasteiger partial charge in [0.25, 0.3) is 0 Å². The van der Waals surface area contributed by atoms with Crippen molar-refractivity contribution in [3.8, 4) is 11.3 Å². The molecule has 1 aromatic carbocycles. The second-order valence-corrected chi connectivity index (χ2v) is 4.26. The largest absolute Gasteiger partial charge is 0.343 e. The molecule has 2 heterocycles. The van der Waals surface area contributed by atoms with E-state index in [1.54, 1.807) is 12.5 Å². The van der Waals surface area contributed by atoms with E-state index in [0.29, 0.717) is 5.69 Å². The molecule has 98 valence electrons. The van der Waals surface area contributed by atoms with Crippen LogP contribution in [0.3, 0.4) is 0 Å². The third-order valence-corrected chi connectivity index (χ3v) is 2.92. The van der Waals surface area contributed by atoms with Gasteiger partial charge in [-0.05, 0) is 24.3 Å². The summed E-state index contributed by atoms with van der Waals surface area (Å²) in [4.78, 5) is 22.9. The molecule has 0 radical (unpaired) electrons. The number of benzene rings is 1. The summed E-state index contributed by atoms with van der Waals surface area (Å²) in [7, 11) is 0. The lowest BCUT2D eigenvalue weighted by molar-refractivity contribution is -0.111. The van der Waals surface area contributed by atoms with Crippen molar-refractivity contribution in [3.05, 3.63) is 55.5 Å². The van der Waals surface area contributed by atoms with Crippen LogP contribution >= 0.6 is 0 Å². The number of hydrogen-bond acceptors (Lipinski definition) is 3. The molecular weight excluding hydrogens is 252 g/mol. The molecule has 2 N–H and O–H groups in total. The Balaban J connectivity index is 1.98. The zero-order valence-corrected chi connectivity index (χ0v) is 10.6. The van der Waals surface area contributed by atoms with E-state index in [1.165, 1.54) is 6.08 Å². The minimum Gasteiger partial charge on any atom is -0.343 e. The van der Waals surface area contributed by atoms with Gasteiger partial charge in [-0.2, -0.15) is 0 Å². The normalized spacial score (nSPS) is 10.4. The second kappa shape index (κ2) is 4.97. The number of aromatic nitrogens is 3. The number of rotatable bonds is 3. The molecule has 1 amide bonds. The number of hydrogen-bond donors (Lipinski definition) is 2. The number of amides is 1. The molecule has 0 atom stereocenters. The molecule has 3 rings (SSSR count). The van der Waals surface area contributed by atoms with Crippen molar-refractivity contribution in [3.63, 3.8) is 0 Å². The molecule has 3 aromatic rings. The Hall–Kier alpha value is -2.95. The average Bonchev–Trinajstić information content (AvgIpc) is 2.94. The van der Waals surface area contributed by atoms with Crippen molar-refractivity contribution < 1.29 is 4.79 Å². The van der Waals surface area contributed by atoms with Gasteiger partial charge in [0.05, 0.1) is 29.3 Å². The highest BCUT2D eigenvalue weighted by atomic mass is 16.1. The van der Waals surface area contributed by atoms with Crippen LogP contribution in [0, 0.1) is 0 Å². The number of fused-ring (bicyclic) bond motifs is 1. The molecule has 0 aliphatic rings. The minimum absolute atomic E-state index is 0.238. The quantitative estimate of drug-likeness (QED) is 0.714. The Morgan fingerprint density at radius 1 is 1.30 bits per heavy atom. The van der Waals surface area contributed by atoms with Crippen molar-refractivity contribution in [2.24, 2.45) is 0 Å². The molecule has 0 aliphatic carbocycles. The van der Waals surface area contributed by atoms with Gasteiger partial charge in [-0.25, -0.2) is 4.98 Å². The fourth-order valence-electron chi connectivity index (χ4n) is 1.94. The summed E-state index contributed by atoms with van der Waals surface area (Å²) in [5.41, 5.74) is 4.17. The van der Waals surface area contributed by atoms with E-state index >= 15 is 0 Å². The van der Waals surface area contributed by atoms with Crippen LogP contribution < -0.4 is 5.32 Å². The Morgan fingerprint density at radius 2 is 2.20 bits per heavy atom. The number of nitrogens with one attached hydrogen (secondary N) is 2. The van der Waals surface area contributed by atoms with Crippen LogP contribution in [0.4, 0.5) is 5.69 Å².